The Morgan fingerprint density at radius 3 is 2.55 bits per heavy atom. The monoisotopic (exact) mass is 309 g/mol. The number of nitrogens with zero attached hydrogens (tertiary/aromatic N) is 1. The van der Waals surface area contributed by atoms with Crippen molar-refractivity contribution in [2.24, 2.45) is 16.7 Å². The fourth-order valence-electron chi connectivity index (χ4n) is 5.05. The number of carbonyl (C=O) groups excluding carboxylic acids is 1. The van der Waals surface area contributed by atoms with E-state index in [9.17, 15) is 14.7 Å². The quantitative estimate of drug-likeness (QED) is 0.846. The number of fused-ring (bicyclic) bond motifs is 1. The molecule has 1 saturated heterocycles. The van der Waals surface area contributed by atoms with Gasteiger partial charge < -0.3 is 14.7 Å². The first kappa shape index (κ1) is 15.8. The van der Waals surface area contributed by atoms with Crippen LogP contribution in [0.15, 0.2) is 0 Å². The molecule has 2 saturated carbocycles. The van der Waals surface area contributed by atoms with Crippen molar-refractivity contribution >= 4 is 11.9 Å². The lowest BCUT2D eigenvalue weighted by atomic mass is 9.80. The summed E-state index contributed by atoms with van der Waals surface area (Å²) >= 11 is 0. The summed E-state index contributed by atoms with van der Waals surface area (Å²) in [6, 6.07) is 0. The molecule has 0 aromatic rings. The number of hydrogen-bond acceptors (Lipinski definition) is 3. The standard InChI is InChI=1S/C17H27NO4/c1-22-10-9-16(6-2-3-7-16)14(19)18-11-13-5-4-8-17(13,12-18)15(20)21/h13H,2-12H2,1H3,(H,20,21)/t13-,17+/m0/s1. The second kappa shape index (κ2) is 5.84. The van der Waals surface area contributed by atoms with Gasteiger partial charge in [0, 0.05) is 26.8 Å². The fraction of sp³-hybridized carbons (Fsp3) is 0.882. The van der Waals surface area contributed by atoms with Gasteiger partial charge in [0.05, 0.1) is 10.8 Å². The van der Waals surface area contributed by atoms with E-state index >= 15 is 0 Å². The van der Waals surface area contributed by atoms with E-state index in [0.29, 0.717) is 19.7 Å². The SMILES string of the molecule is COCCC1(C(=O)N2C[C@@H]3CCC[C@@]3(C(=O)O)C2)CCCC1. The van der Waals surface area contributed by atoms with Crippen molar-refractivity contribution in [3.63, 3.8) is 0 Å². The van der Waals surface area contributed by atoms with Crippen LogP contribution in [0.4, 0.5) is 0 Å². The van der Waals surface area contributed by atoms with Crippen molar-refractivity contribution in [1.29, 1.82) is 0 Å². The third-order valence-corrected chi connectivity index (χ3v) is 6.38. The maximum Gasteiger partial charge on any atom is 0.311 e. The highest BCUT2D eigenvalue weighted by atomic mass is 16.5. The van der Waals surface area contributed by atoms with Crippen LogP contribution in [0, 0.1) is 16.7 Å². The molecular formula is C17H27NO4. The van der Waals surface area contributed by atoms with Crippen LogP contribution in [0.1, 0.15) is 51.4 Å². The van der Waals surface area contributed by atoms with Crippen LogP contribution in [-0.4, -0.2) is 48.7 Å². The van der Waals surface area contributed by atoms with E-state index in [0.717, 1.165) is 51.4 Å². The number of aliphatic carboxylic acids is 1. The van der Waals surface area contributed by atoms with Crippen molar-refractivity contribution in [3.05, 3.63) is 0 Å². The van der Waals surface area contributed by atoms with Crippen molar-refractivity contribution in [2.75, 3.05) is 26.8 Å². The molecule has 3 rings (SSSR count). The van der Waals surface area contributed by atoms with Gasteiger partial charge in [-0.2, -0.15) is 0 Å². The molecule has 0 unspecified atom stereocenters. The van der Waals surface area contributed by atoms with Crippen LogP contribution in [0.3, 0.4) is 0 Å². The largest absolute Gasteiger partial charge is 0.481 e. The van der Waals surface area contributed by atoms with Gasteiger partial charge in [0.2, 0.25) is 5.91 Å². The summed E-state index contributed by atoms with van der Waals surface area (Å²) < 4.78 is 5.21. The molecule has 0 bridgehead atoms. The number of methoxy groups -OCH3 is 1. The third kappa shape index (κ3) is 2.34. The van der Waals surface area contributed by atoms with Crippen LogP contribution in [0.25, 0.3) is 0 Å². The first-order chi connectivity index (χ1) is 10.5. The third-order valence-electron chi connectivity index (χ3n) is 6.38. The zero-order chi connectivity index (χ0) is 15.8. The summed E-state index contributed by atoms with van der Waals surface area (Å²) in [6.07, 6.45) is 7.46. The van der Waals surface area contributed by atoms with Crippen LogP contribution >= 0.6 is 0 Å². The van der Waals surface area contributed by atoms with Crippen LogP contribution < -0.4 is 0 Å². The summed E-state index contributed by atoms with van der Waals surface area (Å²) in [4.78, 5) is 26.8. The molecule has 0 aromatic heterocycles. The Hall–Kier alpha value is -1.10. The Kier molecular flexibility index (Phi) is 4.19. The van der Waals surface area contributed by atoms with E-state index in [1.807, 2.05) is 4.90 Å². The van der Waals surface area contributed by atoms with Crippen molar-refractivity contribution in [3.8, 4) is 0 Å². The average Bonchev–Trinajstić information content (AvgIpc) is 3.18. The van der Waals surface area contributed by atoms with E-state index in [1.165, 1.54) is 0 Å². The number of ether oxygens (including phenoxy) is 1. The van der Waals surface area contributed by atoms with E-state index in [2.05, 4.69) is 0 Å². The summed E-state index contributed by atoms with van der Waals surface area (Å²) in [5, 5.41) is 9.69. The molecule has 1 heterocycles. The van der Waals surface area contributed by atoms with Crippen LogP contribution in [-0.2, 0) is 14.3 Å². The molecule has 0 radical (unpaired) electrons. The molecule has 2 atom stereocenters. The molecule has 3 aliphatic rings. The lowest BCUT2D eigenvalue weighted by molar-refractivity contribution is -0.150. The zero-order valence-corrected chi connectivity index (χ0v) is 13.5. The van der Waals surface area contributed by atoms with Gasteiger partial charge in [0.25, 0.3) is 0 Å². The van der Waals surface area contributed by atoms with Gasteiger partial charge in [-0.25, -0.2) is 0 Å². The highest BCUT2D eigenvalue weighted by Gasteiger charge is 2.57. The summed E-state index contributed by atoms with van der Waals surface area (Å²) in [6.45, 7) is 1.66. The molecule has 2 aliphatic carbocycles. The number of carbonyl (C=O) groups is 2. The number of rotatable bonds is 5. The Labute approximate surface area is 132 Å². The Morgan fingerprint density at radius 1 is 1.23 bits per heavy atom. The Balaban J connectivity index is 1.77. The zero-order valence-electron chi connectivity index (χ0n) is 13.5. The molecule has 124 valence electrons. The van der Waals surface area contributed by atoms with Crippen molar-refractivity contribution in [1.82, 2.24) is 4.90 Å². The van der Waals surface area contributed by atoms with Gasteiger partial charge in [-0.1, -0.05) is 19.3 Å². The van der Waals surface area contributed by atoms with Gasteiger partial charge in [0.1, 0.15) is 0 Å². The highest BCUT2D eigenvalue weighted by molar-refractivity contribution is 5.85. The van der Waals surface area contributed by atoms with Gasteiger partial charge in [-0.05, 0) is 38.0 Å². The second-order valence-corrected chi connectivity index (χ2v) is 7.47. The van der Waals surface area contributed by atoms with Crippen LogP contribution in [0.2, 0.25) is 0 Å². The lowest BCUT2D eigenvalue weighted by Crippen LogP contribution is -2.44. The Morgan fingerprint density at radius 2 is 1.95 bits per heavy atom. The van der Waals surface area contributed by atoms with Crippen molar-refractivity contribution in [2.45, 2.75) is 51.4 Å². The van der Waals surface area contributed by atoms with Gasteiger partial charge in [-0.15, -0.1) is 0 Å². The number of carboxylic acid groups (broad SMARTS) is 1. The fourth-order valence-corrected chi connectivity index (χ4v) is 5.05. The molecule has 1 aliphatic heterocycles. The lowest BCUT2D eigenvalue weighted by Gasteiger charge is -2.33. The molecule has 22 heavy (non-hydrogen) atoms. The Bertz CT molecular complexity index is 458. The molecule has 3 fully saturated rings. The second-order valence-electron chi connectivity index (χ2n) is 7.47. The minimum atomic E-state index is -0.706. The molecule has 0 aromatic carbocycles. The maximum atomic E-state index is 13.1. The molecule has 5 nitrogen and oxygen atoms in total. The van der Waals surface area contributed by atoms with E-state index in [-0.39, 0.29) is 17.2 Å². The molecule has 1 N–H and O–H groups in total. The van der Waals surface area contributed by atoms with Gasteiger partial charge in [-0.3, -0.25) is 9.59 Å². The predicted molar refractivity (Wildman–Crippen MR) is 81.4 cm³/mol. The topological polar surface area (TPSA) is 66.8 Å². The highest BCUT2D eigenvalue weighted by Crippen LogP contribution is 2.51. The number of likely N-dealkylation sites (tertiary alicyclic amines) is 1. The maximum absolute atomic E-state index is 13.1. The predicted octanol–water partition coefficient (Wildman–Crippen LogP) is 2.30. The van der Waals surface area contributed by atoms with E-state index in [4.69, 9.17) is 4.74 Å². The number of amides is 1. The minimum absolute atomic E-state index is 0.148. The van der Waals surface area contributed by atoms with Crippen LogP contribution in [0.5, 0.6) is 0 Å². The molecular weight excluding hydrogens is 282 g/mol. The molecule has 1 amide bonds. The summed E-state index contributed by atoms with van der Waals surface area (Å²) in [5.41, 5.74) is -0.967. The summed E-state index contributed by atoms with van der Waals surface area (Å²) in [5.74, 6) is -0.366. The van der Waals surface area contributed by atoms with E-state index < -0.39 is 11.4 Å². The average molecular weight is 309 g/mol. The van der Waals surface area contributed by atoms with Gasteiger partial charge in [0.15, 0.2) is 0 Å². The smallest absolute Gasteiger partial charge is 0.311 e. The minimum Gasteiger partial charge on any atom is -0.481 e. The first-order valence-electron chi connectivity index (χ1n) is 8.56. The van der Waals surface area contributed by atoms with E-state index in [1.54, 1.807) is 7.11 Å². The summed E-state index contributed by atoms with van der Waals surface area (Å²) in [7, 11) is 1.67. The molecule has 0 spiro atoms. The molecule has 5 heteroatoms. The number of hydrogen-bond donors (Lipinski definition) is 1. The first-order valence-corrected chi connectivity index (χ1v) is 8.56. The van der Waals surface area contributed by atoms with Crippen molar-refractivity contribution < 1.29 is 19.4 Å². The number of carboxylic acids is 1. The van der Waals surface area contributed by atoms with Gasteiger partial charge >= 0.3 is 5.97 Å². The normalized spacial score (nSPS) is 33.1.